The van der Waals surface area contributed by atoms with E-state index in [0.29, 0.717) is 6.42 Å². The van der Waals surface area contributed by atoms with Gasteiger partial charge in [0, 0.05) is 5.69 Å². The van der Waals surface area contributed by atoms with Crippen LogP contribution in [-0.4, -0.2) is 11.9 Å². The lowest BCUT2D eigenvalue weighted by molar-refractivity contribution is -0.117. The Kier molecular flexibility index (Phi) is 5.73. The summed E-state index contributed by atoms with van der Waals surface area (Å²) in [6, 6.07) is 15.5. The third-order valence-electron chi connectivity index (χ3n) is 3.88. The van der Waals surface area contributed by atoms with Crippen molar-refractivity contribution in [1.29, 1.82) is 0 Å². The predicted molar refractivity (Wildman–Crippen MR) is 91.9 cm³/mol. The number of rotatable bonds is 6. The Labute approximate surface area is 132 Å². The van der Waals surface area contributed by atoms with E-state index in [9.17, 15) is 4.79 Å². The van der Waals surface area contributed by atoms with E-state index in [1.165, 1.54) is 0 Å². The zero-order valence-corrected chi connectivity index (χ0v) is 13.3. The number of aryl methyl sites for hydroxylation is 2. The predicted octanol–water partition coefficient (Wildman–Crippen LogP) is 3.32. The van der Waals surface area contributed by atoms with Crippen LogP contribution in [0.3, 0.4) is 0 Å². The molecular weight excluding hydrogens is 272 g/mol. The third kappa shape index (κ3) is 3.95. The van der Waals surface area contributed by atoms with Gasteiger partial charge in [-0.25, -0.2) is 0 Å². The van der Waals surface area contributed by atoms with Crippen molar-refractivity contribution < 1.29 is 4.79 Å². The highest BCUT2D eigenvalue weighted by Gasteiger charge is 2.16. The highest BCUT2D eigenvalue weighted by Crippen LogP contribution is 2.22. The lowest BCUT2D eigenvalue weighted by Crippen LogP contribution is -2.37. The lowest BCUT2D eigenvalue weighted by Gasteiger charge is -2.17. The van der Waals surface area contributed by atoms with Gasteiger partial charge >= 0.3 is 0 Å². The van der Waals surface area contributed by atoms with Crippen LogP contribution < -0.4 is 11.1 Å². The molecule has 0 bridgehead atoms. The summed E-state index contributed by atoms with van der Waals surface area (Å²) in [5.74, 6) is -0.126. The fourth-order valence-corrected chi connectivity index (χ4v) is 2.58. The highest BCUT2D eigenvalue weighted by atomic mass is 16.2. The Morgan fingerprint density at radius 1 is 1.00 bits per heavy atom. The minimum Gasteiger partial charge on any atom is -0.324 e. The molecule has 0 heterocycles. The minimum absolute atomic E-state index is 0.126. The molecule has 2 aromatic rings. The average Bonchev–Trinajstić information content (AvgIpc) is 2.55. The quantitative estimate of drug-likeness (QED) is 0.859. The molecule has 0 fully saturated rings. The van der Waals surface area contributed by atoms with Crippen molar-refractivity contribution >= 4 is 11.6 Å². The molecule has 1 amide bonds. The van der Waals surface area contributed by atoms with Crippen molar-refractivity contribution in [3.05, 3.63) is 65.2 Å². The number of hydrogen-bond donors (Lipinski definition) is 2. The average molecular weight is 296 g/mol. The summed E-state index contributed by atoms with van der Waals surface area (Å²) in [5.41, 5.74) is 10.4. The molecule has 0 saturated heterocycles. The molecular formula is C19H24N2O. The van der Waals surface area contributed by atoms with Crippen LogP contribution in [0.2, 0.25) is 0 Å². The van der Waals surface area contributed by atoms with E-state index in [2.05, 4.69) is 31.3 Å². The summed E-state index contributed by atoms with van der Waals surface area (Å²) in [5, 5.41) is 3.04. The number of para-hydroxylation sites is 1. The molecule has 22 heavy (non-hydrogen) atoms. The van der Waals surface area contributed by atoms with Crippen LogP contribution in [0.25, 0.3) is 0 Å². The van der Waals surface area contributed by atoms with Gasteiger partial charge in [0.2, 0.25) is 5.91 Å². The standard InChI is InChI=1S/C19H24N2O/c1-3-15-11-8-12-16(4-2)18(15)21-19(22)17(20)13-14-9-6-5-7-10-14/h5-12,17H,3-4,13,20H2,1-2H3,(H,21,22)/t17-/m0/s1. The van der Waals surface area contributed by atoms with E-state index >= 15 is 0 Å². The van der Waals surface area contributed by atoms with Crippen molar-refractivity contribution in [2.24, 2.45) is 5.73 Å². The van der Waals surface area contributed by atoms with Crippen molar-refractivity contribution in [1.82, 2.24) is 0 Å². The smallest absolute Gasteiger partial charge is 0.241 e. The molecule has 116 valence electrons. The van der Waals surface area contributed by atoms with Crippen LogP contribution >= 0.6 is 0 Å². The first-order valence-electron chi connectivity index (χ1n) is 7.86. The van der Waals surface area contributed by atoms with Gasteiger partial charge in [0.15, 0.2) is 0 Å². The maximum atomic E-state index is 12.4. The van der Waals surface area contributed by atoms with Crippen LogP contribution in [0, 0.1) is 0 Å². The second-order valence-electron chi connectivity index (χ2n) is 5.44. The van der Waals surface area contributed by atoms with E-state index in [0.717, 1.165) is 35.2 Å². The van der Waals surface area contributed by atoms with Crippen LogP contribution in [0.1, 0.15) is 30.5 Å². The van der Waals surface area contributed by atoms with Gasteiger partial charge in [-0.05, 0) is 36.0 Å². The Morgan fingerprint density at radius 2 is 1.59 bits per heavy atom. The van der Waals surface area contributed by atoms with Crippen molar-refractivity contribution in [3.8, 4) is 0 Å². The molecule has 0 aliphatic heterocycles. The van der Waals surface area contributed by atoms with E-state index in [4.69, 9.17) is 5.73 Å². The number of carbonyl (C=O) groups is 1. The van der Waals surface area contributed by atoms with Gasteiger partial charge < -0.3 is 11.1 Å². The summed E-state index contributed by atoms with van der Waals surface area (Å²) in [4.78, 5) is 12.4. The number of amides is 1. The molecule has 0 unspecified atom stereocenters. The Balaban J connectivity index is 2.11. The van der Waals surface area contributed by atoms with E-state index in [1.807, 2.05) is 36.4 Å². The van der Waals surface area contributed by atoms with E-state index in [-0.39, 0.29) is 5.91 Å². The molecule has 0 spiro atoms. The molecule has 0 saturated carbocycles. The largest absolute Gasteiger partial charge is 0.324 e. The number of hydrogen-bond acceptors (Lipinski definition) is 2. The molecule has 0 aliphatic carbocycles. The summed E-state index contributed by atoms with van der Waals surface area (Å²) in [6.45, 7) is 4.18. The van der Waals surface area contributed by atoms with Gasteiger partial charge in [0.05, 0.1) is 6.04 Å². The van der Waals surface area contributed by atoms with Crippen LogP contribution in [-0.2, 0) is 24.1 Å². The van der Waals surface area contributed by atoms with Gasteiger partial charge in [-0.15, -0.1) is 0 Å². The monoisotopic (exact) mass is 296 g/mol. The normalized spacial score (nSPS) is 12.0. The van der Waals surface area contributed by atoms with Gasteiger partial charge in [0.25, 0.3) is 0 Å². The molecule has 0 aromatic heterocycles. The van der Waals surface area contributed by atoms with E-state index < -0.39 is 6.04 Å². The van der Waals surface area contributed by atoms with Crippen molar-refractivity contribution in [2.45, 2.75) is 39.2 Å². The number of nitrogens with two attached hydrogens (primary N) is 1. The van der Waals surface area contributed by atoms with Crippen LogP contribution in [0.4, 0.5) is 5.69 Å². The molecule has 2 aromatic carbocycles. The molecule has 3 heteroatoms. The Morgan fingerprint density at radius 3 is 2.14 bits per heavy atom. The molecule has 3 nitrogen and oxygen atoms in total. The summed E-state index contributed by atoms with van der Waals surface area (Å²) in [7, 11) is 0. The van der Waals surface area contributed by atoms with Gasteiger partial charge in [-0.3, -0.25) is 4.79 Å². The molecule has 1 atom stereocenters. The van der Waals surface area contributed by atoms with Crippen molar-refractivity contribution in [3.63, 3.8) is 0 Å². The summed E-state index contributed by atoms with van der Waals surface area (Å²) in [6.07, 6.45) is 2.32. The number of nitrogens with one attached hydrogen (secondary N) is 1. The first kappa shape index (κ1) is 16.2. The first-order chi connectivity index (χ1) is 10.7. The summed E-state index contributed by atoms with van der Waals surface area (Å²) < 4.78 is 0. The second-order valence-corrected chi connectivity index (χ2v) is 5.44. The van der Waals surface area contributed by atoms with Crippen LogP contribution in [0.15, 0.2) is 48.5 Å². The lowest BCUT2D eigenvalue weighted by atomic mass is 10.0. The minimum atomic E-state index is -0.544. The maximum absolute atomic E-state index is 12.4. The zero-order valence-electron chi connectivity index (χ0n) is 13.3. The van der Waals surface area contributed by atoms with Gasteiger partial charge in [-0.2, -0.15) is 0 Å². The Hall–Kier alpha value is -2.13. The highest BCUT2D eigenvalue weighted by molar-refractivity contribution is 5.96. The Bertz CT molecular complexity index is 600. The molecule has 3 N–H and O–H groups in total. The second kappa shape index (κ2) is 7.76. The van der Waals surface area contributed by atoms with Crippen molar-refractivity contribution in [2.75, 3.05) is 5.32 Å². The topological polar surface area (TPSA) is 55.1 Å². The fourth-order valence-electron chi connectivity index (χ4n) is 2.58. The fraction of sp³-hybridized carbons (Fsp3) is 0.316. The number of anilines is 1. The van der Waals surface area contributed by atoms with Gasteiger partial charge in [0.1, 0.15) is 0 Å². The van der Waals surface area contributed by atoms with E-state index in [1.54, 1.807) is 0 Å². The molecule has 0 aliphatic rings. The van der Waals surface area contributed by atoms with Crippen LogP contribution in [0.5, 0.6) is 0 Å². The summed E-state index contributed by atoms with van der Waals surface area (Å²) >= 11 is 0. The number of benzene rings is 2. The zero-order chi connectivity index (χ0) is 15.9. The molecule has 0 radical (unpaired) electrons. The maximum Gasteiger partial charge on any atom is 0.241 e. The SMILES string of the molecule is CCc1cccc(CC)c1NC(=O)[C@@H](N)Cc1ccccc1. The molecule has 2 rings (SSSR count). The first-order valence-corrected chi connectivity index (χ1v) is 7.86. The number of carbonyl (C=O) groups excluding carboxylic acids is 1. The van der Waals surface area contributed by atoms with Gasteiger partial charge in [-0.1, -0.05) is 62.4 Å². The third-order valence-corrected chi connectivity index (χ3v) is 3.88.